The Balaban J connectivity index is 1.53. The summed E-state index contributed by atoms with van der Waals surface area (Å²) >= 11 is 0. The number of hydrogen-bond acceptors (Lipinski definition) is 4. The SMILES string of the molecule is CCCCCCCCCCCCCCCCCCNC(=O)[C@@H](NC(=O)c1ccc2cc(O)ccc2c1)[C@@H](C)O. The molecule has 2 amide bonds. The maximum Gasteiger partial charge on any atom is 0.252 e. The van der Waals surface area contributed by atoms with E-state index >= 15 is 0 Å². The van der Waals surface area contributed by atoms with Crippen molar-refractivity contribution in [2.45, 2.75) is 129 Å². The number of phenolic OH excluding ortho intramolecular Hbond substituents is 1. The van der Waals surface area contributed by atoms with Crippen LogP contribution in [0.4, 0.5) is 0 Å². The van der Waals surface area contributed by atoms with Crippen molar-refractivity contribution in [2.75, 3.05) is 6.54 Å². The largest absolute Gasteiger partial charge is 0.508 e. The van der Waals surface area contributed by atoms with Crippen LogP contribution in [-0.2, 0) is 4.79 Å². The summed E-state index contributed by atoms with van der Waals surface area (Å²) in [6, 6.07) is 9.00. The quantitative estimate of drug-likeness (QED) is 0.124. The molecule has 0 aliphatic carbocycles. The van der Waals surface area contributed by atoms with Gasteiger partial charge in [-0.05, 0) is 48.4 Å². The van der Waals surface area contributed by atoms with Crippen LogP contribution in [0.3, 0.4) is 0 Å². The maximum atomic E-state index is 12.8. The highest BCUT2D eigenvalue weighted by Crippen LogP contribution is 2.21. The monoisotopic (exact) mass is 540 g/mol. The van der Waals surface area contributed by atoms with Gasteiger partial charge in [0.05, 0.1) is 6.10 Å². The average molecular weight is 541 g/mol. The van der Waals surface area contributed by atoms with Gasteiger partial charge in [0.25, 0.3) is 5.91 Å². The Morgan fingerprint density at radius 1 is 0.718 bits per heavy atom. The summed E-state index contributed by atoms with van der Waals surface area (Å²) in [7, 11) is 0. The first-order valence-corrected chi connectivity index (χ1v) is 15.4. The zero-order chi connectivity index (χ0) is 28.3. The fourth-order valence-corrected chi connectivity index (χ4v) is 5.00. The first kappa shape index (κ1) is 32.6. The van der Waals surface area contributed by atoms with E-state index in [0.717, 1.165) is 23.6 Å². The van der Waals surface area contributed by atoms with Gasteiger partial charge in [-0.1, -0.05) is 115 Å². The smallest absolute Gasteiger partial charge is 0.252 e. The summed E-state index contributed by atoms with van der Waals surface area (Å²) in [5, 5.41) is 26.9. The molecule has 2 atom stereocenters. The molecule has 0 unspecified atom stereocenters. The molecule has 0 aliphatic heterocycles. The number of amides is 2. The van der Waals surface area contributed by atoms with Gasteiger partial charge < -0.3 is 20.8 Å². The number of carbonyl (C=O) groups excluding carboxylic acids is 2. The van der Waals surface area contributed by atoms with E-state index in [0.29, 0.717) is 12.1 Å². The number of fused-ring (bicyclic) bond motifs is 1. The van der Waals surface area contributed by atoms with Gasteiger partial charge in [0.15, 0.2) is 0 Å². The van der Waals surface area contributed by atoms with Crippen LogP contribution in [0.5, 0.6) is 5.75 Å². The lowest BCUT2D eigenvalue weighted by Crippen LogP contribution is -2.52. The van der Waals surface area contributed by atoms with Crippen molar-refractivity contribution in [2.24, 2.45) is 0 Å². The zero-order valence-electron chi connectivity index (χ0n) is 24.4. The molecule has 0 heterocycles. The number of aromatic hydroxyl groups is 1. The lowest BCUT2D eigenvalue weighted by Gasteiger charge is -2.21. The molecule has 39 heavy (non-hydrogen) atoms. The number of unbranched alkanes of at least 4 members (excludes halogenated alkanes) is 15. The van der Waals surface area contributed by atoms with Gasteiger partial charge in [-0.2, -0.15) is 0 Å². The van der Waals surface area contributed by atoms with Crippen molar-refractivity contribution in [1.82, 2.24) is 10.6 Å². The Hall–Kier alpha value is -2.60. The van der Waals surface area contributed by atoms with Crippen molar-refractivity contribution in [3.63, 3.8) is 0 Å². The number of nitrogens with one attached hydrogen (secondary N) is 2. The second-order valence-electron chi connectivity index (χ2n) is 11.0. The molecule has 6 nitrogen and oxygen atoms in total. The van der Waals surface area contributed by atoms with Crippen LogP contribution in [0.2, 0.25) is 0 Å². The first-order valence-electron chi connectivity index (χ1n) is 15.4. The number of hydrogen-bond donors (Lipinski definition) is 4. The van der Waals surface area contributed by atoms with Gasteiger partial charge in [0, 0.05) is 12.1 Å². The van der Waals surface area contributed by atoms with Gasteiger partial charge in [0.2, 0.25) is 5.91 Å². The van der Waals surface area contributed by atoms with E-state index in [9.17, 15) is 19.8 Å². The standard InChI is InChI=1S/C33H52N2O4/c1-3-4-5-6-7-8-9-10-11-12-13-14-15-16-17-18-23-34-33(39)31(26(2)36)35-32(38)29-20-19-28-25-30(37)22-21-27(28)24-29/h19-22,24-26,31,36-37H,3-18,23H2,1-2H3,(H,34,39)(H,35,38)/t26-,31+/m1/s1. The van der Waals surface area contributed by atoms with Gasteiger partial charge >= 0.3 is 0 Å². The van der Waals surface area contributed by atoms with Crippen molar-refractivity contribution in [3.05, 3.63) is 42.0 Å². The minimum atomic E-state index is -1.02. The molecular formula is C33H52N2O4. The lowest BCUT2D eigenvalue weighted by atomic mass is 10.0. The number of benzene rings is 2. The molecule has 0 bridgehead atoms. The highest BCUT2D eigenvalue weighted by atomic mass is 16.3. The molecular weight excluding hydrogens is 488 g/mol. The molecule has 2 aromatic rings. The number of aliphatic hydroxyl groups is 1. The van der Waals surface area contributed by atoms with Crippen LogP contribution in [0.1, 0.15) is 127 Å². The lowest BCUT2D eigenvalue weighted by molar-refractivity contribution is -0.125. The number of phenols is 1. The Bertz CT molecular complexity index is 975. The molecule has 6 heteroatoms. The van der Waals surface area contributed by atoms with Crippen LogP contribution in [-0.4, -0.2) is 40.7 Å². The van der Waals surface area contributed by atoms with E-state index in [2.05, 4.69) is 17.6 Å². The van der Waals surface area contributed by atoms with Crippen LogP contribution < -0.4 is 10.6 Å². The number of rotatable bonds is 21. The van der Waals surface area contributed by atoms with E-state index < -0.39 is 18.1 Å². The number of carbonyl (C=O) groups is 2. The number of aliphatic hydroxyl groups excluding tert-OH is 1. The van der Waals surface area contributed by atoms with Crippen LogP contribution in [0.25, 0.3) is 10.8 Å². The molecule has 0 saturated heterocycles. The average Bonchev–Trinajstić information content (AvgIpc) is 2.92. The third-order valence-electron chi connectivity index (χ3n) is 7.47. The Labute approximate surface area is 236 Å². The van der Waals surface area contributed by atoms with Gasteiger partial charge in [-0.25, -0.2) is 0 Å². The van der Waals surface area contributed by atoms with Gasteiger partial charge in [0.1, 0.15) is 11.8 Å². The van der Waals surface area contributed by atoms with Crippen LogP contribution in [0, 0.1) is 0 Å². The molecule has 0 aromatic heterocycles. The summed E-state index contributed by atoms with van der Waals surface area (Å²) < 4.78 is 0. The van der Waals surface area contributed by atoms with Crippen LogP contribution >= 0.6 is 0 Å². The highest BCUT2D eigenvalue weighted by Gasteiger charge is 2.25. The van der Waals surface area contributed by atoms with E-state index in [4.69, 9.17) is 0 Å². The molecule has 4 N–H and O–H groups in total. The fourth-order valence-electron chi connectivity index (χ4n) is 5.00. The third kappa shape index (κ3) is 13.3. The first-order chi connectivity index (χ1) is 18.9. The third-order valence-corrected chi connectivity index (χ3v) is 7.47. The summed E-state index contributed by atoms with van der Waals surface area (Å²) in [5.41, 5.74) is 0.393. The summed E-state index contributed by atoms with van der Waals surface area (Å²) in [5.74, 6) is -0.631. The molecule has 218 valence electrons. The Morgan fingerprint density at radius 2 is 1.21 bits per heavy atom. The van der Waals surface area contributed by atoms with E-state index in [1.54, 1.807) is 36.4 Å². The fraction of sp³-hybridized carbons (Fsp3) is 0.636. The normalized spacial score (nSPS) is 12.8. The highest BCUT2D eigenvalue weighted by molar-refractivity contribution is 6.01. The van der Waals surface area contributed by atoms with E-state index in [1.165, 1.54) is 96.8 Å². The summed E-state index contributed by atoms with van der Waals surface area (Å²) in [4.78, 5) is 25.4. The van der Waals surface area contributed by atoms with Gasteiger partial charge in [-0.15, -0.1) is 0 Å². The second-order valence-corrected chi connectivity index (χ2v) is 11.0. The van der Waals surface area contributed by atoms with E-state index in [1.807, 2.05) is 0 Å². The molecule has 2 aromatic carbocycles. The maximum absolute atomic E-state index is 12.8. The molecule has 0 fully saturated rings. The second kappa shape index (κ2) is 19.5. The molecule has 0 radical (unpaired) electrons. The van der Waals surface area contributed by atoms with Gasteiger partial charge in [-0.3, -0.25) is 9.59 Å². The summed E-state index contributed by atoms with van der Waals surface area (Å²) in [6.07, 6.45) is 19.8. The van der Waals surface area contributed by atoms with Crippen molar-refractivity contribution < 1.29 is 19.8 Å². The Kier molecular flexibility index (Phi) is 16.3. The van der Waals surface area contributed by atoms with E-state index in [-0.39, 0.29) is 11.7 Å². The molecule has 0 spiro atoms. The van der Waals surface area contributed by atoms with Crippen molar-refractivity contribution >= 4 is 22.6 Å². The predicted molar refractivity (Wildman–Crippen MR) is 161 cm³/mol. The zero-order valence-corrected chi connectivity index (χ0v) is 24.4. The molecule has 0 aliphatic rings. The minimum Gasteiger partial charge on any atom is -0.508 e. The van der Waals surface area contributed by atoms with Crippen molar-refractivity contribution in [1.29, 1.82) is 0 Å². The molecule has 0 saturated carbocycles. The Morgan fingerprint density at radius 3 is 1.74 bits per heavy atom. The van der Waals surface area contributed by atoms with Crippen LogP contribution in [0.15, 0.2) is 36.4 Å². The predicted octanol–water partition coefficient (Wildman–Crippen LogP) is 7.40. The topological polar surface area (TPSA) is 98.7 Å². The molecule has 2 rings (SSSR count). The van der Waals surface area contributed by atoms with Crippen molar-refractivity contribution in [3.8, 4) is 5.75 Å². The summed E-state index contributed by atoms with van der Waals surface area (Å²) in [6.45, 7) is 4.31. The minimum absolute atomic E-state index is 0.162.